The first kappa shape index (κ1) is 19.7. The molecule has 0 spiro atoms. The molecule has 0 bridgehead atoms. The third-order valence-corrected chi connectivity index (χ3v) is 5.52. The number of carbonyl (C=O) groups excluding carboxylic acids is 1. The predicted octanol–water partition coefficient (Wildman–Crippen LogP) is 3.81. The molecule has 27 heavy (non-hydrogen) atoms. The quantitative estimate of drug-likeness (QED) is 0.728. The number of ether oxygens (including phenoxy) is 1. The molecule has 1 heterocycles. The normalized spacial score (nSPS) is 15.5. The number of benzene rings is 2. The highest BCUT2D eigenvalue weighted by molar-refractivity contribution is 9.10. The van der Waals surface area contributed by atoms with Gasteiger partial charge in [0.1, 0.15) is 11.5 Å². The first-order valence-electron chi connectivity index (χ1n) is 9.17. The van der Waals surface area contributed by atoms with Gasteiger partial charge in [0.15, 0.2) is 0 Å². The van der Waals surface area contributed by atoms with E-state index >= 15 is 0 Å². The second kappa shape index (κ2) is 9.24. The van der Waals surface area contributed by atoms with Crippen LogP contribution in [0.3, 0.4) is 0 Å². The summed E-state index contributed by atoms with van der Waals surface area (Å²) in [4.78, 5) is 14.7. The highest BCUT2D eigenvalue weighted by atomic mass is 79.9. The molecule has 0 unspecified atom stereocenters. The van der Waals surface area contributed by atoms with Crippen molar-refractivity contribution in [1.82, 2.24) is 10.2 Å². The largest absolute Gasteiger partial charge is 0.507 e. The molecule has 1 amide bonds. The van der Waals surface area contributed by atoms with E-state index in [4.69, 9.17) is 4.74 Å². The zero-order valence-corrected chi connectivity index (χ0v) is 17.0. The Morgan fingerprint density at radius 2 is 1.93 bits per heavy atom. The van der Waals surface area contributed by atoms with Gasteiger partial charge in [0.2, 0.25) is 0 Å². The van der Waals surface area contributed by atoms with E-state index in [0.29, 0.717) is 18.0 Å². The van der Waals surface area contributed by atoms with Crippen LogP contribution < -0.4 is 10.1 Å². The summed E-state index contributed by atoms with van der Waals surface area (Å²) in [6.07, 6.45) is 2.12. The summed E-state index contributed by atoms with van der Waals surface area (Å²) in [5.74, 6) is 1.13. The number of aromatic hydroxyl groups is 1. The Morgan fingerprint density at radius 1 is 1.22 bits per heavy atom. The number of phenolic OH excluding ortho intramolecular Hbond substituents is 1. The summed E-state index contributed by atoms with van der Waals surface area (Å²) in [7, 11) is 1.68. The summed E-state index contributed by atoms with van der Waals surface area (Å²) in [5.41, 5.74) is 1.60. The fraction of sp³-hybridized carbons (Fsp3) is 0.381. The van der Waals surface area contributed by atoms with Gasteiger partial charge in [0.05, 0.1) is 12.7 Å². The minimum Gasteiger partial charge on any atom is -0.507 e. The molecule has 0 aliphatic carbocycles. The number of nitrogens with one attached hydrogen (secondary N) is 1. The molecule has 1 aliphatic heterocycles. The SMILES string of the molecule is COc1ccc(CN2CCC(CNC(=O)c3ccc(Br)cc3O)CC2)cc1. The number of rotatable bonds is 6. The molecule has 3 rings (SSSR count). The number of hydrogen-bond donors (Lipinski definition) is 2. The van der Waals surface area contributed by atoms with Gasteiger partial charge in [-0.3, -0.25) is 9.69 Å². The molecule has 0 radical (unpaired) electrons. The van der Waals surface area contributed by atoms with Crippen LogP contribution >= 0.6 is 15.9 Å². The van der Waals surface area contributed by atoms with Crippen LogP contribution in [0.25, 0.3) is 0 Å². The van der Waals surface area contributed by atoms with Gasteiger partial charge in [-0.1, -0.05) is 28.1 Å². The van der Waals surface area contributed by atoms with Crippen LogP contribution in [0.5, 0.6) is 11.5 Å². The fourth-order valence-corrected chi connectivity index (χ4v) is 3.72. The van der Waals surface area contributed by atoms with Crippen LogP contribution in [0, 0.1) is 5.92 Å². The van der Waals surface area contributed by atoms with E-state index in [0.717, 1.165) is 42.7 Å². The molecular weight excluding hydrogens is 408 g/mol. The first-order valence-corrected chi connectivity index (χ1v) is 9.96. The lowest BCUT2D eigenvalue weighted by Gasteiger charge is -2.32. The number of carbonyl (C=O) groups is 1. The van der Waals surface area contributed by atoms with Gasteiger partial charge in [0, 0.05) is 17.6 Å². The minimum atomic E-state index is -0.222. The summed E-state index contributed by atoms with van der Waals surface area (Å²) in [6, 6.07) is 13.1. The van der Waals surface area contributed by atoms with E-state index in [-0.39, 0.29) is 11.7 Å². The van der Waals surface area contributed by atoms with Crippen LogP contribution in [0.1, 0.15) is 28.8 Å². The van der Waals surface area contributed by atoms with Crippen molar-refractivity contribution in [1.29, 1.82) is 0 Å². The Kier molecular flexibility index (Phi) is 6.74. The smallest absolute Gasteiger partial charge is 0.255 e. The van der Waals surface area contributed by atoms with Crippen LogP contribution in [0.2, 0.25) is 0 Å². The van der Waals surface area contributed by atoms with Crippen LogP contribution in [0.15, 0.2) is 46.9 Å². The lowest BCUT2D eigenvalue weighted by molar-refractivity contribution is 0.0932. The Balaban J connectivity index is 1.43. The Morgan fingerprint density at radius 3 is 2.56 bits per heavy atom. The highest BCUT2D eigenvalue weighted by Gasteiger charge is 2.20. The van der Waals surface area contributed by atoms with E-state index in [1.54, 1.807) is 19.2 Å². The van der Waals surface area contributed by atoms with Crippen molar-refractivity contribution in [3.05, 3.63) is 58.1 Å². The Bertz CT molecular complexity index is 771. The maximum atomic E-state index is 12.3. The molecule has 2 N–H and O–H groups in total. The van der Waals surface area contributed by atoms with Crippen molar-refractivity contribution >= 4 is 21.8 Å². The fourth-order valence-electron chi connectivity index (χ4n) is 3.37. The number of likely N-dealkylation sites (tertiary alicyclic amines) is 1. The maximum absolute atomic E-state index is 12.3. The number of methoxy groups -OCH3 is 1. The van der Waals surface area contributed by atoms with Crippen molar-refractivity contribution in [2.45, 2.75) is 19.4 Å². The second-order valence-corrected chi connectivity index (χ2v) is 7.85. The van der Waals surface area contributed by atoms with Crippen LogP contribution in [-0.2, 0) is 6.54 Å². The maximum Gasteiger partial charge on any atom is 0.255 e. The molecule has 1 aliphatic rings. The number of hydrogen-bond acceptors (Lipinski definition) is 4. The van der Waals surface area contributed by atoms with E-state index < -0.39 is 0 Å². The second-order valence-electron chi connectivity index (χ2n) is 6.94. The molecule has 6 heteroatoms. The van der Waals surface area contributed by atoms with Gasteiger partial charge in [-0.15, -0.1) is 0 Å². The van der Waals surface area contributed by atoms with Crippen molar-refractivity contribution in [3.8, 4) is 11.5 Å². The van der Waals surface area contributed by atoms with Crippen LogP contribution in [0.4, 0.5) is 0 Å². The Hall–Kier alpha value is -2.05. The average molecular weight is 433 g/mol. The van der Waals surface area contributed by atoms with Crippen LogP contribution in [-0.4, -0.2) is 42.7 Å². The molecule has 2 aromatic carbocycles. The number of halogens is 1. The third-order valence-electron chi connectivity index (χ3n) is 5.03. The number of amides is 1. The zero-order chi connectivity index (χ0) is 19.2. The summed E-state index contributed by atoms with van der Waals surface area (Å²) in [6.45, 7) is 3.63. The number of nitrogens with zero attached hydrogens (tertiary/aromatic N) is 1. The lowest BCUT2D eigenvalue weighted by Crippen LogP contribution is -2.38. The molecule has 0 aromatic heterocycles. The average Bonchev–Trinajstić information content (AvgIpc) is 2.68. The first-order chi connectivity index (χ1) is 13.0. The van der Waals surface area contributed by atoms with Crippen molar-refractivity contribution in [3.63, 3.8) is 0 Å². The topological polar surface area (TPSA) is 61.8 Å². The number of piperidine rings is 1. The molecular formula is C21H25BrN2O3. The van der Waals surface area contributed by atoms with Gasteiger partial charge in [-0.25, -0.2) is 0 Å². The van der Waals surface area contributed by atoms with Gasteiger partial charge >= 0.3 is 0 Å². The van der Waals surface area contributed by atoms with E-state index in [2.05, 4.69) is 38.3 Å². The molecule has 0 saturated carbocycles. The zero-order valence-electron chi connectivity index (χ0n) is 15.5. The van der Waals surface area contributed by atoms with Gasteiger partial charge < -0.3 is 15.2 Å². The van der Waals surface area contributed by atoms with Crippen molar-refractivity contribution in [2.24, 2.45) is 5.92 Å². The molecule has 1 saturated heterocycles. The van der Waals surface area contributed by atoms with Crippen molar-refractivity contribution < 1.29 is 14.6 Å². The van der Waals surface area contributed by atoms with E-state index in [1.807, 2.05) is 12.1 Å². The van der Waals surface area contributed by atoms with Gasteiger partial charge in [0.25, 0.3) is 5.91 Å². The predicted molar refractivity (Wildman–Crippen MR) is 109 cm³/mol. The highest BCUT2D eigenvalue weighted by Crippen LogP contribution is 2.23. The molecule has 5 nitrogen and oxygen atoms in total. The monoisotopic (exact) mass is 432 g/mol. The lowest BCUT2D eigenvalue weighted by atomic mass is 9.96. The van der Waals surface area contributed by atoms with Crippen molar-refractivity contribution in [2.75, 3.05) is 26.7 Å². The molecule has 144 valence electrons. The molecule has 2 aromatic rings. The summed E-state index contributed by atoms with van der Waals surface area (Å²) >= 11 is 3.28. The minimum absolute atomic E-state index is 0.00353. The summed E-state index contributed by atoms with van der Waals surface area (Å²) in [5, 5.41) is 12.9. The Labute approximate surface area is 168 Å². The molecule has 1 fully saturated rings. The summed E-state index contributed by atoms with van der Waals surface area (Å²) < 4.78 is 5.95. The number of phenols is 1. The standard InChI is InChI=1S/C21H25BrN2O3/c1-27-18-5-2-16(3-6-18)14-24-10-8-15(9-11-24)13-23-21(26)19-7-4-17(22)12-20(19)25/h2-7,12,15,25H,8-11,13-14H2,1H3,(H,23,26). The van der Waals surface area contributed by atoms with E-state index in [9.17, 15) is 9.90 Å². The van der Waals surface area contributed by atoms with Gasteiger partial charge in [-0.05, 0) is 67.7 Å². The third kappa shape index (κ3) is 5.47. The molecule has 0 atom stereocenters. The van der Waals surface area contributed by atoms with E-state index in [1.165, 1.54) is 11.6 Å². The van der Waals surface area contributed by atoms with Gasteiger partial charge in [-0.2, -0.15) is 0 Å².